The minimum atomic E-state index is -0.225. The SMILES string of the molecule is COc1ccc(NC(=O)CSc2nc3sc(C)c(-c4ccccc4)c3c(=O)[nH]2)cc1OC. The summed E-state index contributed by atoms with van der Waals surface area (Å²) in [6.45, 7) is 1.98. The molecule has 9 heteroatoms. The molecule has 0 atom stereocenters. The summed E-state index contributed by atoms with van der Waals surface area (Å²) >= 11 is 2.65. The number of rotatable bonds is 7. The van der Waals surface area contributed by atoms with E-state index in [1.807, 2.05) is 37.3 Å². The van der Waals surface area contributed by atoms with Gasteiger partial charge in [-0.1, -0.05) is 42.1 Å². The Balaban J connectivity index is 1.51. The van der Waals surface area contributed by atoms with Gasteiger partial charge in [0.25, 0.3) is 5.56 Å². The quantitative estimate of drug-likeness (QED) is 0.302. The lowest BCUT2D eigenvalue weighted by molar-refractivity contribution is -0.113. The van der Waals surface area contributed by atoms with Gasteiger partial charge in [-0.05, 0) is 24.6 Å². The average molecular weight is 468 g/mol. The molecule has 7 nitrogen and oxygen atoms in total. The van der Waals surface area contributed by atoms with Gasteiger partial charge < -0.3 is 19.8 Å². The van der Waals surface area contributed by atoms with Crippen LogP contribution in [0.2, 0.25) is 0 Å². The molecule has 0 unspecified atom stereocenters. The van der Waals surface area contributed by atoms with Crippen LogP contribution in [0.3, 0.4) is 0 Å². The molecule has 2 N–H and O–H groups in total. The number of carbonyl (C=O) groups excluding carboxylic acids is 1. The van der Waals surface area contributed by atoms with Crippen molar-refractivity contribution in [2.45, 2.75) is 12.1 Å². The second-order valence-corrected chi connectivity index (χ2v) is 9.02. The van der Waals surface area contributed by atoms with Gasteiger partial charge in [-0.15, -0.1) is 11.3 Å². The minimum absolute atomic E-state index is 0.0959. The fraction of sp³-hybridized carbons (Fsp3) is 0.174. The number of ether oxygens (including phenoxy) is 2. The number of hydrogen-bond acceptors (Lipinski definition) is 7. The van der Waals surface area contributed by atoms with E-state index in [0.717, 1.165) is 16.0 Å². The molecule has 164 valence electrons. The Morgan fingerprint density at radius 1 is 1.12 bits per heavy atom. The Kier molecular flexibility index (Phi) is 6.48. The molecule has 2 heterocycles. The van der Waals surface area contributed by atoms with Crippen molar-refractivity contribution in [2.75, 3.05) is 25.3 Å². The minimum Gasteiger partial charge on any atom is -0.493 e. The number of thiophene rings is 1. The molecule has 4 aromatic rings. The topological polar surface area (TPSA) is 93.3 Å². The number of thioether (sulfide) groups is 1. The first-order valence-corrected chi connectivity index (χ1v) is 11.5. The number of fused-ring (bicyclic) bond motifs is 1. The first-order chi connectivity index (χ1) is 15.5. The molecule has 0 aliphatic heterocycles. The molecule has 2 aromatic heterocycles. The van der Waals surface area contributed by atoms with Crippen molar-refractivity contribution in [3.63, 3.8) is 0 Å². The van der Waals surface area contributed by atoms with Crippen molar-refractivity contribution in [1.82, 2.24) is 9.97 Å². The van der Waals surface area contributed by atoms with Crippen molar-refractivity contribution in [1.29, 1.82) is 0 Å². The fourth-order valence-electron chi connectivity index (χ4n) is 3.36. The number of nitrogens with zero attached hydrogens (tertiary/aromatic N) is 1. The highest BCUT2D eigenvalue weighted by molar-refractivity contribution is 7.99. The predicted octanol–water partition coefficient (Wildman–Crippen LogP) is 4.71. The molecule has 1 amide bonds. The number of methoxy groups -OCH3 is 2. The molecule has 0 spiro atoms. The van der Waals surface area contributed by atoms with Crippen LogP contribution in [0.15, 0.2) is 58.5 Å². The van der Waals surface area contributed by atoms with E-state index in [1.54, 1.807) is 25.3 Å². The number of benzene rings is 2. The van der Waals surface area contributed by atoms with Crippen LogP contribution < -0.4 is 20.3 Å². The molecular formula is C23H21N3O4S2. The van der Waals surface area contributed by atoms with Crippen molar-refractivity contribution >= 4 is 44.9 Å². The van der Waals surface area contributed by atoms with E-state index in [1.165, 1.54) is 30.2 Å². The van der Waals surface area contributed by atoms with Crippen LogP contribution in [0, 0.1) is 6.92 Å². The lowest BCUT2D eigenvalue weighted by atomic mass is 10.0. The van der Waals surface area contributed by atoms with Gasteiger partial charge in [-0.3, -0.25) is 9.59 Å². The molecule has 0 bridgehead atoms. The van der Waals surface area contributed by atoms with Gasteiger partial charge in [-0.2, -0.15) is 0 Å². The lowest BCUT2D eigenvalue weighted by Gasteiger charge is -2.10. The number of anilines is 1. The van der Waals surface area contributed by atoms with E-state index in [4.69, 9.17) is 9.47 Å². The van der Waals surface area contributed by atoms with E-state index < -0.39 is 0 Å². The van der Waals surface area contributed by atoms with E-state index >= 15 is 0 Å². The van der Waals surface area contributed by atoms with E-state index in [9.17, 15) is 9.59 Å². The molecule has 0 saturated heterocycles. The zero-order chi connectivity index (χ0) is 22.7. The van der Waals surface area contributed by atoms with Gasteiger partial charge in [0.05, 0.1) is 25.4 Å². The Bertz CT molecular complexity index is 1330. The van der Waals surface area contributed by atoms with Crippen LogP contribution in [0.4, 0.5) is 5.69 Å². The van der Waals surface area contributed by atoms with Crippen LogP contribution in [-0.2, 0) is 4.79 Å². The third-order valence-electron chi connectivity index (χ3n) is 4.79. The molecule has 2 aromatic carbocycles. The summed E-state index contributed by atoms with van der Waals surface area (Å²) in [6, 6.07) is 14.9. The van der Waals surface area contributed by atoms with E-state index in [-0.39, 0.29) is 17.2 Å². The highest BCUT2D eigenvalue weighted by atomic mass is 32.2. The Morgan fingerprint density at radius 2 is 1.88 bits per heavy atom. The molecule has 4 rings (SSSR count). The molecule has 0 saturated carbocycles. The Morgan fingerprint density at radius 3 is 2.59 bits per heavy atom. The third kappa shape index (κ3) is 4.49. The lowest BCUT2D eigenvalue weighted by Crippen LogP contribution is -2.15. The van der Waals surface area contributed by atoms with Gasteiger partial charge in [0.15, 0.2) is 16.7 Å². The maximum Gasteiger partial charge on any atom is 0.260 e. The monoisotopic (exact) mass is 467 g/mol. The van der Waals surface area contributed by atoms with E-state index in [2.05, 4.69) is 15.3 Å². The fourth-order valence-corrected chi connectivity index (χ4v) is 5.13. The highest BCUT2D eigenvalue weighted by Gasteiger charge is 2.17. The first kappa shape index (κ1) is 21.9. The zero-order valence-electron chi connectivity index (χ0n) is 17.7. The summed E-state index contributed by atoms with van der Waals surface area (Å²) in [4.78, 5) is 34.3. The van der Waals surface area contributed by atoms with Crippen molar-refractivity contribution < 1.29 is 14.3 Å². The van der Waals surface area contributed by atoms with Crippen LogP contribution in [0.1, 0.15) is 4.88 Å². The normalized spacial score (nSPS) is 10.8. The number of nitrogens with one attached hydrogen (secondary N) is 2. The van der Waals surface area contributed by atoms with Crippen molar-refractivity contribution in [3.05, 3.63) is 63.8 Å². The number of aryl methyl sites for hydroxylation is 1. The summed E-state index contributed by atoms with van der Waals surface area (Å²) in [6.07, 6.45) is 0. The number of aromatic nitrogens is 2. The summed E-state index contributed by atoms with van der Waals surface area (Å²) in [7, 11) is 3.09. The second kappa shape index (κ2) is 9.46. The van der Waals surface area contributed by atoms with Crippen molar-refractivity contribution in [3.8, 4) is 22.6 Å². The summed E-state index contributed by atoms with van der Waals surface area (Å²) < 4.78 is 10.5. The summed E-state index contributed by atoms with van der Waals surface area (Å²) in [5, 5.41) is 3.80. The Labute approximate surface area is 192 Å². The number of carbonyl (C=O) groups is 1. The second-order valence-electron chi connectivity index (χ2n) is 6.86. The molecule has 0 fully saturated rings. The predicted molar refractivity (Wildman–Crippen MR) is 129 cm³/mol. The highest BCUT2D eigenvalue weighted by Crippen LogP contribution is 2.36. The van der Waals surface area contributed by atoms with Crippen LogP contribution in [0.5, 0.6) is 11.5 Å². The Hall–Kier alpha value is -3.30. The van der Waals surface area contributed by atoms with Gasteiger partial charge >= 0.3 is 0 Å². The van der Waals surface area contributed by atoms with Gasteiger partial charge in [0.2, 0.25) is 5.91 Å². The third-order valence-corrected chi connectivity index (χ3v) is 6.66. The molecule has 0 aliphatic rings. The molecular weight excluding hydrogens is 446 g/mol. The number of aromatic amines is 1. The average Bonchev–Trinajstić information content (AvgIpc) is 3.14. The molecule has 0 radical (unpaired) electrons. The standard InChI is InChI=1S/C23H21N3O4S2/c1-13-19(14-7-5-4-6-8-14)20-21(28)25-23(26-22(20)32-13)31-12-18(27)24-15-9-10-16(29-2)17(11-15)30-3/h4-11H,12H2,1-3H3,(H,24,27)(H,25,26,28). The molecule has 32 heavy (non-hydrogen) atoms. The van der Waals surface area contributed by atoms with E-state index in [0.29, 0.717) is 32.6 Å². The van der Waals surface area contributed by atoms with Crippen LogP contribution in [-0.4, -0.2) is 35.8 Å². The molecule has 0 aliphatic carbocycles. The first-order valence-electron chi connectivity index (χ1n) is 9.73. The smallest absolute Gasteiger partial charge is 0.260 e. The number of H-pyrrole nitrogens is 1. The van der Waals surface area contributed by atoms with Crippen molar-refractivity contribution in [2.24, 2.45) is 0 Å². The number of amides is 1. The number of hydrogen-bond donors (Lipinski definition) is 2. The summed E-state index contributed by atoms with van der Waals surface area (Å²) in [5.74, 6) is 0.976. The van der Waals surface area contributed by atoms with Gasteiger partial charge in [-0.25, -0.2) is 4.98 Å². The maximum absolute atomic E-state index is 12.8. The van der Waals surface area contributed by atoms with Gasteiger partial charge in [0.1, 0.15) is 4.83 Å². The van der Waals surface area contributed by atoms with Crippen LogP contribution in [0.25, 0.3) is 21.3 Å². The van der Waals surface area contributed by atoms with Gasteiger partial charge in [0, 0.05) is 22.2 Å². The van der Waals surface area contributed by atoms with Crippen LogP contribution >= 0.6 is 23.1 Å². The maximum atomic E-state index is 12.8. The zero-order valence-corrected chi connectivity index (χ0v) is 19.4. The summed E-state index contributed by atoms with van der Waals surface area (Å²) in [5.41, 5.74) is 2.27. The largest absolute Gasteiger partial charge is 0.493 e.